The van der Waals surface area contributed by atoms with E-state index >= 15 is 0 Å². The van der Waals surface area contributed by atoms with E-state index in [0.717, 1.165) is 11.4 Å². The Morgan fingerprint density at radius 2 is 1.69 bits per heavy atom. The van der Waals surface area contributed by atoms with Crippen molar-refractivity contribution >= 4 is 23.3 Å². The van der Waals surface area contributed by atoms with Crippen molar-refractivity contribution in [1.29, 1.82) is 0 Å². The minimum atomic E-state index is -0.264. The number of halogens is 1. The van der Waals surface area contributed by atoms with E-state index < -0.39 is 0 Å². The fourth-order valence-corrected chi connectivity index (χ4v) is 3.65. The molecule has 0 radical (unpaired) electrons. The zero-order valence-electron chi connectivity index (χ0n) is 15.9. The van der Waals surface area contributed by atoms with Gasteiger partial charge < -0.3 is 14.4 Å². The molecule has 0 atom stereocenters. The Morgan fingerprint density at radius 1 is 0.931 bits per heavy atom. The molecule has 6 nitrogen and oxygen atoms in total. The number of carbonyl (C=O) groups is 1. The molecule has 1 amide bonds. The maximum absolute atomic E-state index is 13.0. The summed E-state index contributed by atoms with van der Waals surface area (Å²) in [4.78, 5) is 34.0. The van der Waals surface area contributed by atoms with Crippen molar-refractivity contribution in [2.24, 2.45) is 0 Å². The topological polar surface area (TPSA) is 58.4 Å². The van der Waals surface area contributed by atoms with Gasteiger partial charge in [-0.2, -0.15) is 0 Å². The quantitative estimate of drug-likeness (QED) is 0.623. The van der Waals surface area contributed by atoms with Crippen LogP contribution in [0.1, 0.15) is 15.9 Å². The lowest BCUT2D eigenvalue weighted by molar-refractivity contribution is 0.0744. The van der Waals surface area contributed by atoms with E-state index in [9.17, 15) is 9.59 Å². The molecule has 2 aromatic heterocycles. The van der Waals surface area contributed by atoms with E-state index in [1.165, 1.54) is 0 Å². The molecule has 7 heteroatoms. The summed E-state index contributed by atoms with van der Waals surface area (Å²) in [7, 11) is 0. The Bertz CT molecular complexity index is 1060. The molecule has 0 spiro atoms. The van der Waals surface area contributed by atoms with E-state index in [-0.39, 0.29) is 17.0 Å². The first-order valence-electron chi connectivity index (χ1n) is 9.52. The summed E-state index contributed by atoms with van der Waals surface area (Å²) >= 11 is 5.97. The average molecular weight is 409 g/mol. The molecule has 1 aliphatic heterocycles. The number of carbonyl (C=O) groups excluding carboxylic acids is 1. The minimum absolute atomic E-state index is 0.206. The zero-order chi connectivity index (χ0) is 20.2. The smallest absolute Gasteiger partial charge is 0.263 e. The number of aromatic nitrogens is 2. The molecule has 1 aromatic carbocycles. The third kappa shape index (κ3) is 4.32. The van der Waals surface area contributed by atoms with Gasteiger partial charge in [-0.1, -0.05) is 48.0 Å². The van der Waals surface area contributed by atoms with Crippen LogP contribution < -0.4 is 10.5 Å². The van der Waals surface area contributed by atoms with Gasteiger partial charge in [-0.15, -0.1) is 0 Å². The predicted molar refractivity (Wildman–Crippen MR) is 114 cm³/mol. The Kier molecular flexibility index (Phi) is 5.62. The van der Waals surface area contributed by atoms with Crippen molar-refractivity contribution in [2.45, 2.75) is 6.54 Å². The van der Waals surface area contributed by atoms with Crippen molar-refractivity contribution in [3.8, 4) is 0 Å². The van der Waals surface area contributed by atoms with Gasteiger partial charge in [0.25, 0.3) is 11.5 Å². The molecule has 1 aliphatic rings. The van der Waals surface area contributed by atoms with Gasteiger partial charge in [0.2, 0.25) is 0 Å². The second-order valence-electron chi connectivity index (χ2n) is 6.94. The largest absolute Gasteiger partial charge is 0.353 e. The number of piperazine rings is 1. The molecular weight excluding hydrogens is 388 g/mol. The van der Waals surface area contributed by atoms with E-state index in [1.807, 2.05) is 42.5 Å². The maximum Gasteiger partial charge on any atom is 0.263 e. The zero-order valence-corrected chi connectivity index (χ0v) is 16.6. The number of hydrogen-bond donors (Lipinski definition) is 0. The van der Waals surface area contributed by atoms with E-state index in [1.54, 1.807) is 33.9 Å². The second-order valence-corrected chi connectivity index (χ2v) is 7.33. The van der Waals surface area contributed by atoms with Crippen LogP contribution in [0.15, 0.2) is 71.7 Å². The van der Waals surface area contributed by atoms with E-state index in [2.05, 4.69) is 9.88 Å². The molecule has 0 unspecified atom stereocenters. The van der Waals surface area contributed by atoms with E-state index in [4.69, 9.17) is 11.6 Å². The third-order valence-electron chi connectivity index (χ3n) is 5.04. The Morgan fingerprint density at radius 3 is 2.41 bits per heavy atom. The molecule has 0 N–H and O–H groups in total. The number of anilines is 1. The van der Waals surface area contributed by atoms with Gasteiger partial charge in [-0.25, -0.2) is 4.98 Å². The van der Waals surface area contributed by atoms with Crippen LogP contribution in [0.5, 0.6) is 0 Å². The highest BCUT2D eigenvalue weighted by Gasteiger charge is 2.25. The van der Waals surface area contributed by atoms with Gasteiger partial charge in [-0.05, 0) is 29.8 Å². The molecule has 3 heterocycles. The monoisotopic (exact) mass is 408 g/mol. The van der Waals surface area contributed by atoms with Crippen molar-refractivity contribution in [3.63, 3.8) is 0 Å². The molecule has 0 aliphatic carbocycles. The van der Waals surface area contributed by atoms with Crippen molar-refractivity contribution in [2.75, 3.05) is 31.1 Å². The number of hydrogen-bond acceptors (Lipinski definition) is 4. The number of amides is 1. The van der Waals surface area contributed by atoms with Gasteiger partial charge in [0.1, 0.15) is 16.5 Å². The Balaban J connectivity index is 1.46. The van der Waals surface area contributed by atoms with Crippen molar-refractivity contribution in [1.82, 2.24) is 14.5 Å². The van der Waals surface area contributed by atoms with Crippen LogP contribution in [0.3, 0.4) is 0 Å². The summed E-state index contributed by atoms with van der Waals surface area (Å²) in [6.07, 6.45) is 1.72. The highest BCUT2D eigenvalue weighted by atomic mass is 35.5. The van der Waals surface area contributed by atoms with Crippen molar-refractivity contribution < 1.29 is 4.79 Å². The first-order valence-corrected chi connectivity index (χ1v) is 9.90. The first-order chi connectivity index (χ1) is 14.1. The first kappa shape index (κ1) is 19.2. The molecule has 29 heavy (non-hydrogen) atoms. The van der Waals surface area contributed by atoms with Crippen LogP contribution in [-0.4, -0.2) is 46.5 Å². The maximum atomic E-state index is 13.0. The lowest BCUT2D eigenvalue weighted by atomic mass is 10.2. The summed E-state index contributed by atoms with van der Waals surface area (Å²) in [5, 5.41) is 0.448. The summed E-state index contributed by atoms with van der Waals surface area (Å²) in [6.45, 7) is 2.78. The van der Waals surface area contributed by atoms with Crippen LogP contribution in [0.4, 0.5) is 5.82 Å². The van der Waals surface area contributed by atoms with Crippen LogP contribution in [0.2, 0.25) is 5.15 Å². The van der Waals surface area contributed by atoms with Gasteiger partial charge in [0, 0.05) is 32.4 Å². The standard InChI is InChI=1S/C22H21ClN4O2/c23-19-9-4-10-20(24-19)25-12-14-26(15-13-25)21(28)18-8-5-11-27(22(18)29)16-17-6-2-1-3-7-17/h1-11H,12-16H2. The van der Waals surface area contributed by atoms with Crippen LogP contribution in [-0.2, 0) is 6.54 Å². The second kappa shape index (κ2) is 8.49. The summed E-state index contributed by atoms with van der Waals surface area (Å²) in [5.74, 6) is 0.575. The number of nitrogens with zero attached hydrogens (tertiary/aromatic N) is 4. The van der Waals surface area contributed by atoms with Gasteiger partial charge in [-0.3, -0.25) is 9.59 Å². The van der Waals surface area contributed by atoms with E-state index in [0.29, 0.717) is 37.9 Å². The summed E-state index contributed by atoms with van der Waals surface area (Å²) in [5.41, 5.74) is 0.958. The van der Waals surface area contributed by atoms with Crippen LogP contribution in [0, 0.1) is 0 Å². The SMILES string of the molecule is O=C(c1cccn(Cc2ccccc2)c1=O)N1CCN(c2cccc(Cl)n2)CC1. The average Bonchev–Trinajstić information content (AvgIpc) is 2.76. The third-order valence-corrected chi connectivity index (χ3v) is 5.25. The fourth-order valence-electron chi connectivity index (χ4n) is 3.49. The molecule has 0 bridgehead atoms. The summed E-state index contributed by atoms with van der Waals surface area (Å²) in [6, 6.07) is 18.6. The fraction of sp³-hybridized carbons (Fsp3) is 0.227. The van der Waals surface area contributed by atoms with Crippen molar-refractivity contribution in [3.05, 3.63) is 93.5 Å². The lowest BCUT2D eigenvalue weighted by Crippen LogP contribution is -2.50. The lowest BCUT2D eigenvalue weighted by Gasteiger charge is -2.35. The molecular formula is C22H21ClN4O2. The highest BCUT2D eigenvalue weighted by Crippen LogP contribution is 2.17. The van der Waals surface area contributed by atoms with Crippen LogP contribution in [0.25, 0.3) is 0 Å². The summed E-state index contributed by atoms with van der Waals surface area (Å²) < 4.78 is 1.58. The Hall–Kier alpha value is -3.12. The number of pyridine rings is 2. The van der Waals surface area contributed by atoms with Gasteiger partial charge >= 0.3 is 0 Å². The van der Waals surface area contributed by atoms with Gasteiger partial charge in [0.15, 0.2) is 0 Å². The van der Waals surface area contributed by atoms with Crippen LogP contribution >= 0.6 is 11.6 Å². The molecule has 1 saturated heterocycles. The normalized spacial score (nSPS) is 14.1. The van der Waals surface area contributed by atoms with Gasteiger partial charge in [0.05, 0.1) is 6.54 Å². The molecule has 4 rings (SSSR count). The number of benzene rings is 1. The molecule has 148 valence electrons. The molecule has 3 aromatic rings. The molecule has 1 fully saturated rings. The number of rotatable bonds is 4. The highest BCUT2D eigenvalue weighted by molar-refractivity contribution is 6.29. The molecule has 0 saturated carbocycles. The predicted octanol–water partition coefficient (Wildman–Crippen LogP) is 2.91. The minimum Gasteiger partial charge on any atom is -0.353 e. The Labute approximate surface area is 174 Å².